The fourth-order valence-electron chi connectivity index (χ4n) is 2.82. The molecule has 3 rings (SSSR count). The van der Waals surface area contributed by atoms with E-state index in [0.717, 1.165) is 34.8 Å². The maximum absolute atomic E-state index is 13.0. The van der Waals surface area contributed by atoms with Gasteiger partial charge in [0, 0.05) is 25.5 Å². The molecule has 1 aromatic carbocycles. The summed E-state index contributed by atoms with van der Waals surface area (Å²) in [5.41, 5.74) is 4.16. The summed E-state index contributed by atoms with van der Waals surface area (Å²) in [4.78, 5) is 22.3. The van der Waals surface area contributed by atoms with Crippen molar-refractivity contribution in [2.24, 2.45) is 0 Å². The van der Waals surface area contributed by atoms with E-state index in [1.807, 2.05) is 42.9 Å². The van der Waals surface area contributed by atoms with Gasteiger partial charge < -0.3 is 9.88 Å². The minimum absolute atomic E-state index is 0.0472. The summed E-state index contributed by atoms with van der Waals surface area (Å²) in [6.45, 7) is 8.79. The fraction of sp³-hybridized carbons (Fsp3) is 0.389. The highest BCUT2D eigenvalue weighted by molar-refractivity contribution is 6.07. The fourth-order valence-corrected chi connectivity index (χ4v) is 2.82. The highest BCUT2D eigenvalue weighted by Gasteiger charge is 2.22. The van der Waals surface area contributed by atoms with Crippen LogP contribution in [0.2, 0.25) is 0 Å². The van der Waals surface area contributed by atoms with Gasteiger partial charge in [-0.3, -0.25) is 9.48 Å². The van der Waals surface area contributed by atoms with Crippen LogP contribution in [0.5, 0.6) is 0 Å². The van der Waals surface area contributed by atoms with Gasteiger partial charge >= 0.3 is 0 Å². The molecular weight excluding hydrogens is 302 g/mol. The number of fused-ring (bicyclic) bond motifs is 1. The lowest BCUT2D eigenvalue weighted by Crippen LogP contribution is -2.27. The van der Waals surface area contributed by atoms with Gasteiger partial charge in [0.05, 0.1) is 22.3 Å². The Hall–Kier alpha value is -2.63. The number of carbonyl (C=O) groups excluding carboxylic acids is 1. The number of amides is 1. The third-order valence-corrected chi connectivity index (χ3v) is 4.17. The number of aromatic amines is 1. The molecule has 0 unspecified atom stereocenters. The Morgan fingerprint density at radius 2 is 2.12 bits per heavy atom. The number of imidazole rings is 1. The predicted octanol–water partition coefficient (Wildman–Crippen LogP) is 3.49. The molecule has 0 saturated carbocycles. The molecule has 0 aliphatic heterocycles. The Morgan fingerprint density at radius 1 is 1.38 bits per heavy atom. The third kappa shape index (κ3) is 2.79. The quantitative estimate of drug-likeness (QED) is 0.798. The van der Waals surface area contributed by atoms with Crippen molar-refractivity contribution in [2.75, 3.05) is 11.9 Å². The number of benzene rings is 1. The number of hydrogen-bond acceptors (Lipinski definition) is 3. The maximum Gasteiger partial charge on any atom is 0.261 e. The van der Waals surface area contributed by atoms with Gasteiger partial charge in [-0.2, -0.15) is 5.10 Å². The molecule has 0 bridgehead atoms. The summed E-state index contributed by atoms with van der Waals surface area (Å²) >= 11 is 0. The molecule has 2 heterocycles. The van der Waals surface area contributed by atoms with Crippen LogP contribution in [-0.2, 0) is 6.54 Å². The number of aromatic nitrogens is 4. The van der Waals surface area contributed by atoms with Gasteiger partial charge in [0.25, 0.3) is 5.91 Å². The van der Waals surface area contributed by atoms with E-state index in [9.17, 15) is 4.79 Å². The van der Waals surface area contributed by atoms with Gasteiger partial charge in [-0.15, -0.1) is 0 Å². The molecular formula is C18H23N5O. The number of nitrogens with one attached hydrogen (secondary N) is 1. The van der Waals surface area contributed by atoms with Crippen molar-refractivity contribution >= 4 is 22.6 Å². The number of anilines is 1. The van der Waals surface area contributed by atoms with E-state index in [1.54, 1.807) is 11.9 Å². The SMILES string of the molecule is CCn1cc(C(=O)N(C)c2ccc3nc(C)[nH]c3c2)c(C(C)C)n1. The normalized spacial score (nSPS) is 11.4. The first-order chi connectivity index (χ1) is 11.4. The summed E-state index contributed by atoms with van der Waals surface area (Å²) in [6.07, 6.45) is 1.84. The van der Waals surface area contributed by atoms with Crippen molar-refractivity contribution in [1.82, 2.24) is 19.7 Å². The first kappa shape index (κ1) is 16.2. The number of aryl methyl sites for hydroxylation is 2. The molecule has 24 heavy (non-hydrogen) atoms. The molecule has 1 N–H and O–H groups in total. The van der Waals surface area contributed by atoms with Gasteiger partial charge in [-0.25, -0.2) is 4.98 Å². The number of nitrogens with zero attached hydrogens (tertiary/aromatic N) is 4. The summed E-state index contributed by atoms with van der Waals surface area (Å²) in [7, 11) is 1.79. The lowest BCUT2D eigenvalue weighted by Gasteiger charge is -2.17. The van der Waals surface area contributed by atoms with Gasteiger partial charge in [-0.1, -0.05) is 13.8 Å². The summed E-state index contributed by atoms with van der Waals surface area (Å²) in [5.74, 6) is 1.01. The monoisotopic (exact) mass is 325 g/mol. The van der Waals surface area contributed by atoms with E-state index < -0.39 is 0 Å². The Kier molecular flexibility index (Phi) is 4.13. The van der Waals surface area contributed by atoms with E-state index in [4.69, 9.17) is 0 Å². The van der Waals surface area contributed by atoms with Gasteiger partial charge in [0.2, 0.25) is 0 Å². The third-order valence-electron chi connectivity index (χ3n) is 4.17. The first-order valence-electron chi connectivity index (χ1n) is 8.22. The van der Waals surface area contributed by atoms with Gasteiger partial charge in [-0.05, 0) is 38.0 Å². The molecule has 0 fully saturated rings. The van der Waals surface area contributed by atoms with Crippen LogP contribution in [0.3, 0.4) is 0 Å². The standard InChI is InChI=1S/C18H23N5O/c1-6-23-10-14(17(21-23)11(2)3)18(24)22(5)13-7-8-15-16(9-13)20-12(4)19-15/h7-11H,6H2,1-5H3,(H,19,20). The highest BCUT2D eigenvalue weighted by atomic mass is 16.2. The molecule has 0 saturated heterocycles. The van der Waals surface area contributed by atoms with Crippen LogP contribution < -0.4 is 4.90 Å². The summed E-state index contributed by atoms with van der Waals surface area (Å²) < 4.78 is 1.82. The molecule has 1 amide bonds. The van der Waals surface area contributed by atoms with Crippen LogP contribution in [0.25, 0.3) is 11.0 Å². The smallest absolute Gasteiger partial charge is 0.261 e. The van der Waals surface area contributed by atoms with Crippen molar-refractivity contribution in [3.63, 3.8) is 0 Å². The molecule has 2 aromatic heterocycles. The highest BCUT2D eigenvalue weighted by Crippen LogP contribution is 2.24. The second-order valence-corrected chi connectivity index (χ2v) is 6.33. The van der Waals surface area contributed by atoms with Crippen LogP contribution in [0.15, 0.2) is 24.4 Å². The van der Waals surface area contributed by atoms with Crippen molar-refractivity contribution in [3.8, 4) is 0 Å². The van der Waals surface area contributed by atoms with Crippen LogP contribution in [-0.4, -0.2) is 32.7 Å². The zero-order valence-corrected chi connectivity index (χ0v) is 14.8. The number of hydrogen-bond donors (Lipinski definition) is 1. The summed E-state index contributed by atoms with van der Waals surface area (Å²) in [5, 5.41) is 4.53. The van der Waals surface area contributed by atoms with Crippen LogP contribution >= 0.6 is 0 Å². The van der Waals surface area contributed by atoms with Crippen LogP contribution in [0, 0.1) is 6.92 Å². The molecule has 0 atom stereocenters. The maximum atomic E-state index is 13.0. The van der Waals surface area contributed by atoms with E-state index in [0.29, 0.717) is 5.56 Å². The van der Waals surface area contributed by atoms with Gasteiger partial charge in [0.15, 0.2) is 0 Å². The molecule has 6 heteroatoms. The second-order valence-electron chi connectivity index (χ2n) is 6.33. The molecule has 0 aliphatic carbocycles. The van der Waals surface area contributed by atoms with E-state index in [1.165, 1.54) is 0 Å². The van der Waals surface area contributed by atoms with Crippen molar-refractivity contribution in [2.45, 2.75) is 40.2 Å². The lowest BCUT2D eigenvalue weighted by atomic mass is 10.1. The molecule has 3 aromatic rings. The second kappa shape index (κ2) is 6.11. The number of H-pyrrole nitrogens is 1. The summed E-state index contributed by atoms with van der Waals surface area (Å²) in [6, 6.07) is 5.79. The van der Waals surface area contributed by atoms with Crippen molar-refractivity contribution in [1.29, 1.82) is 0 Å². The van der Waals surface area contributed by atoms with Crippen molar-refractivity contribution < 1.29 is 4.79 Å². The Balaban J connectivity index is 1.97. The predicted molar refractivity (Wildman–Crippen MR) is 95.6 cm³/mol. The van der Waals surface area contributed by atoms with Gasteiger partial charge in [0.1, 0.15) is 5.82 Å². The Bertz CT molecular complexity index is 890. The molecule has 0 aliphatic rings. The molecule has 6 nitrogen and oxygen atoms in total. The minimum atomic E-state index is -0.0472. The molecule has 126 valence electrons. The van der Waals surface area contributed by atoms with Crippen molar-refractivity contribution in [3.05, 3.63) is 41.5 Å². The number of rotatable bonds is 4. The lowest BCUT2D eigenvalue weighted by molar-refractivity contribution is 0.0991. The van der Waals surface area contributed by atoms with E-state index in [-0.39, 0.29) is 11.8 Å². The number of carbonyl (C=O) groups is 1. The zero-order valence-electron chi connectivity index (χ0n) is 14.8. The zero-order chi connectivity index (χ0) is 17.4. The first-order valence-corrected chi connectivity index (χ1v) is 8.22. The average molecular weight is 325 g/mol. The molecule has 0 spiro atoms. The van der Waals surface area contributed by atoms with Crippen LogP contribution in [0.4, 0.5) is 5.69 Å². The average Bonchev–Trinajstić information content (AvgIpc) is 3.14. The molecule has 0 radical (unpaired) electrons. The van der Waals surface area contributed by atoms with E-state index >= 15 is 0 Å². The Morgan fingerprint density at radius 3 is 2.79 bits per heavy atom. The Labute approximate surface area is 141 Å². The largest absolute Gasteiger partial charge is 0.342 e. The topological polar surface area (TPSA) is 66.8 Å². The van der Waals surface area contributed by atoms with Crippen LogP contribution in [0.1, 0.15) is 48.6 Å². The minimum Gasteiger partial charge on any atom is -0.342 e. The van der Waals surface area contributed by atoms with E-state index in [2.05, 4.69) is 28.9 Å².